The Morgan fingerprint density at radius 1 is 1.40 bits per heavy atom. The molecular weight excluding hydrogens is 195 g/mol. The van der Waals surface area contributed by atoms with Crippen LogP contribution in [0.1, 0.15) is 23.7 Å². The van der Waals surface area contributed by atoms with E-state index in [4.69, 9.17) is 4.74 Å². The van der Waals surface area contributed by atoms with Crippen molar-refractivity contribution in [2.24, 2.45) is 0 Å². The minimum absolute atomic E-state index is 0.311. The van der Waals surface area contributed by atoms with Crippen molar-refractivity contribution in [2.75, 3.05) is 6.61 Å². The van der Waals surface area contributed by atoms with Gasteiger partial charge in [-0.25, -0.2) is 9.18 Å². The van der Waals surface area contributed by atoms with Crippen molar-refractivity contribution in [3.63, 3.8) is 0 Å². The summed E-state index contributed by atoms with van der Waals surface area (Å²) in [6.45, 7) is 5.87. The average Bonchev–Trinajstić information content (AvgIpc) is 2.18. The first-order valence-electron chi connectivity index (χ1n) is 4.66. The van der Waals surface area contributed by atoms with Gasteiger partial charge in [-0.3, -0.25) is 0 Å². The Morgan fingerprint density at radius 3 is 2.53 bits per heavy atom. The number of hydrogen-bond donors (Lipinski definition) is 0. The summed E-state index contributed by atoms with van der Waals surface area (Å²) in [4.78, 5) is 11.4. The van der Waals surface area contributed by atoms with E-state index in [1.165, 1.54) is 24.3 Å². The molecular formula is C12H13FO2. The third kappa shape index (κ3) is 3.94. The highest BCUT2D eigenvalue weighted by Gasteiger charge is 2.06. The molecule has 1 aromatic carbocycles. The Bertz CT molecular complexity index is 354. The van der Waals surface area contributed by atoms with E-state index < -0.39 is 5.97 Å². The second kappa shape index (κ2) is 5.29. The van der Waals surface area contributed by atoms with Gasteiger partial charge in [-0.2, -0.15) is 0 Å². The van der Waals surface area contributed by atoms with Crippen LogP contribution in [0, 0.1) is 5.82 Å². The van der Waals surface area contributed by atoms with Gasteiger partial charge in [-0.05, 0) is 31.2 Å². The molecule has 0 fully saturated rings. The maximum Gasteiger partial charge on any atom is 0.338 e. The van der Waals surface area contributed by atoms with Crippen LogP contribution in [0.3, 0.4) is 0 Å². The lowest BCUT2D eigenvalue weighted by Gasteiger charge is -2.04. The lowest BCUT2D eigenvalue weighted by molar-refractivity contribution is 0.0509. The zero-order chi connectivity index (χ0) is 11.3. The van der Waals surface area contributed by atoms with Crippen molar-refractivity contribution in [1.29, 1.82) is 0 Å². The fraction of sp³-hybridized carbons (Fsp3) is 0.250. The fourth-order valence-corrected chi connectivity index (χ4v) is 0.987. The molecule has 0 spiro atoms. The second-order valence-corrected chi connectivity index (χ2v) is 3.35. The topological polar surface area (TPSA) is 26.3 Å². The van der Waals surface area contributed by atoms with Gasteiger partial charge in [-0.1, -0.05) is 5.57 Å². The number of esters is 1. The summed E-state index contributed by atoms with van der Waals surface area (Å²) < 4.78 is 17.5. The first kappa shape index (κ1) is 11.4. The monoisotopic (exact) mass is 208 g/mol. The van der Waals surface area contributed by atoms with Gasteiger partial charge >= 0.3 is 5.97 Å². The second-order valence-electron chi connectivity index (χ2n) is 3.35. The lowest BCUT2D eigenvalue weighted by atomic mass is 10.2. The van der Waals surface area contributed by atoms with E-state index in [1.54, 1.807) is 0 Å². The van der Waals surface area contributed by atoms with Crippen molar-refractivity contribution < 1.29 is 13.9 Å². The molecule has 0 unspecified atom stereocenters. The maximum absolute atomic E-state index is 12.5. The molecule has 1 aromatic rings. The number of rotatable bonds is 4. The first-order chi connectivity index (χ1) is 7.09. The van der Waals surface area contributed by atoms with Gasteiger partial charge in [0.15, 0.2) is 0 Å². The summed E-state index contributed by atoms with van der Waals surface area (Å²) in [5, 5.41) is 0. The molecule has 0 heterocycles. The number of carbonyl (C=O) groups excluding carboxylic acids is 1. The summed E-state index contributed by atoms with van der Waals surface area (Å²) in [5.41, 5.74) is 1.32. The van der Waals surface area contributed by atoms with Gasteiger partial charge in [0.1, 0.15) is 5.82 Å². The van der Waals surface area contributed by atoms with Gasteiger partial charge in [0, 0.05) is 6.42 Å². The largest absolute Gasteiger partial charge is 0.462 e. The number of halogens is 1. The summed E-state index contributed by atoms with van der Waals surface area (Å²) in [7, 11) is 0. The molecule has 0 saturated heterocycles. The molecule has 0 atom stereocenters. The molecule has 0 amide bonds. The summed E-state index contributed by atoms with van der Waals surface area (Å²) in [6.07, 6.45) is 0.646. The van der Waals surface area contributed by atoms with Crippen molar-refractivity contribution >= 4 is 5.97 Å². The van der Waals surface area contributed by atoms with Crippen molar-refractivity contribution in [1.82, 2.24) is 0 Å². The van der Waals surface area contributed by atoms with E-state index in [0.29, 0.717) is 18.6 Å². The van der Waals surface area contributed by atoms with Crippen LogP contribution < -0.4 is 0 Å². The Morgan fingerprint density at radius 2 is 2.00 bits per heavy atom. The predicted octanol–water partition coefficient (Wildman–Crippen LogP) is 2.95. The van der Waals surface area contributed by atoms with E-state index in [-0.39, 0.29) is 5.82 Å². The van der Waals surface area contributed by atoms with Crippen LogP contribution in [-0.4, -0.2) is 12.6 Å². The van der Waals surface area contributed by atoms with Gasteiger partial charge in [0.05, 0.1) is 12.2 Å². The maximum atomic E-state index is 12.5. The van der Waals surface area contributed by atoms with Gasteiger partial charge in [0.2, 0.25) is 0 Å². The first-order valence-corrected chi connectivity index (χ1v) is 4.66. The summed E-state index contributed by atoms with van der Waals surface area (Å²) in [5.74, 6) is -0.801. The van der Waals surface area contributed by atoms with Gasteiger partial charge in [0.25, 0.3) is 0 Å². The van der Waals surface area contributed by atoms with Crippen LogP contribution in [0.4, 0.5) is 4.39 Å². The molecule has 0 aromatic heterocycles. The third-order valence-electron chi connectivity index (χ3n) is 1.84. The molecule has 0 N–H and O–H groups in total. The van der Waals surface area contributed by atoms with Crippen molar-refractivity contribution in [3.8, 4) is 0 Å². The molecule has 3 heteroatoms. The molecule has 0 saturated carbocycles. The van der Waals surface area contributed by atoms with E-state index in [1.807, 2.05) is 6.92 Å². The van der Waals surface area contributed by atoms with Crippen LogP contribution in [-0.2, 0) is 4.74 Å². The minimum atomic E-state index is -0.434. The van der Waals surface area contributed by atoms with Crippen LogP contribution in [0.15, 0.2) is 36.4 Å². The zero-order valence-electron chi connectivity index (χ0n) is 8.63. The Balaban J connectivity index is 2.47. The quantitative estimate of drug-likeness (QED) is 0.561. The molecule has 80 valence electrons. The van der Waals surface area contributed by atoms with Crippen LogP contribution in [0.25, 0.3) is 0 Å². The zero-order valence-corrected chi connectivity index (χ0v) is 8.63. The molecule has 0 aliphatic heterocycles. The highest BCUT2D eigenvalue weighted by molar-refractivity contribution is 5.89. The van der Waals surface area contributed by atoms with Crippen LogP contribution in [0.5, 0.6) is 0 Å². The van der Waals surface area contributed by atoms with Crippen LogP contribution >= 0.6 is 0 Å². The average molecular weight is 208 g/mol. The smallest absolute Gasteiger partial charge is 0.338 e. The number of benzene rings is 1. The summed E-state index contributed by atoms with van der Waals surface area (Å²) >= 11 is 0. The van der Waals surface area contributed by atoms with E-state index in [9.17, 15) is 9.18 Å². The van der Waals surface area contributed by atoms with E-state index in [0.717, 1.165) is 5.57 Å². The predicted molar refractivity (Wildman–Crippen MR) is 56.1 cm³/mol. The molecule has 0 radical (unpaired) electrons. The number of hydrogen-bond acceptors (Lipinski definition) is 2. The van der Waals surface area contributed by atoms with E-state index in [2.05, 4.69) is 6.58 Å². The Kier molecular flexibility index (Phi) is 4.03. The highest BCUT2D eigenvalue weighted by atomic mass is 19.1. The van der Waals surface area contributed by atoms with Crippen molar-refractivity contribution in [3.05, 3.63) is 47.8 Å². The van der Waals surface area contributed by atoms with Gasteiger partial charge < -0.3 is 4.74 Å². The molecule has 0 aliphatic carbocycles. The summed E-state index contributed by atoms with van der Waals surface area (Å²) in [6, 6.07) is 5.27. The third-order valence-corrected chi connectivity index (χ3v) is 1.84. The lowest BCUT2D eigenvalue weighted by Crippen LogP contribution is -2.06. The highest BCUT2D eigenvalue weighted by Crippen LogP contribution is 2.05. The normalized spacial score (nSPS) is 9.73. The van der Waals surface area contributed by atoms with Crippen molar-refractivity contribution in [2.45, 2.75) is 13.3 Å². The Hall–Kier alpha value is -1.64. The molecule has 0 bridgehead atoms. The molecule has 1 rings (SSSR count). The van der Waals surface area contributed by atoms with Crippen LogP contribution in [0.2, 0.25) is 0 Å². The number of carbonyl (C=O) groups is 1. The standard InChI is InChI=1S/C12H13FO2/c1-9(2)7-8-15-12(14)10-3-5-11(13)6-4-10/h3-6H,1,7-8H2,2H3. The SMILES string of the molecule is C=C(C)CCOC(=O)c1ccc(F)cc1. The fourth-order valence-electron chi connectivity index (χ4n) is 0.987. The minimum Gasteiger partial charge on any atom is -0.462 e. The molecule has 0 aliphatic rings. The van der Waals surface area contributed by atoms with E-state index >= 15 is 0 Å². The Labute approximate surface area is 88.4 Å². The van der Waals surface area contributed by atoms with Gasteiger partial charge in [-0.15, -0.1) is 6.58 Å². The molecule has 2 nitrogen and oxygen atoms in total. The molecule has 15 heavy (non-hydrogen) atoms. The number of ether oxygens (including phenoxy) is 1.